The smallest absolute Gasteiger partial charge is 0.128 e. The molecular formula is C14H25N3O. The van der Waals surface area contributed by atoms with Crippen LogP contribution in [0, 0.1) is 0 Å². The molecule has 0 unspecified atom stereocenters. The first-order valence-corrected chi connectivity index (χ1v) is 6.39. The molecule has 1 aromatic heterocycles. The van der Waals surface area contributed by atoms with Crippen molar-refractivity contribution in [1.29, 1.82) is 0 Å². The molecule has 4 nitrogen and oxygen atoms in total. The van der Waals surface area contributed by atoms with Crippen LogP contribution in [-0.4, -0.2) is 38.3 Å². The van der Waals surface area contributed by atoms with Crippen LogP contribution in [0.2, 0.25) is 0 Å². The van der Waals surface area contributed by atoms with Crippen molar-refractivity contribution in [2.45, 2.75) is 26.2 Å². The Morgan fingerprint density at radius 1 is 1.28 bits per heavy atom. The SMILES string of the molecule is COCCN(CCN)c1ccc(C(C)(C)C)cn1. The summed E-state index contributed by atoms with van der Waals surface area (Å²) < 4.78 is 5.11. The molecule has 0 spiro atoms. The monoisotopic (exact) mass is 251 g/mol. The molecule has 0 saturated heterocycles. The van der Waals surface area contributed by atoms with E-state index in [1.165, 1.54) is 5.56 Å². The quantitative estimate of drug-likeness (QED) is 0.837. The highest BCUT2D eigenvalue weighted by atomic mass is 16.5. The fraction of sp³-hybridized carbons (Fsp3) is 0.643. The highest BCUT2D eigenvalue weighted by Gasteiger charge is 2.14. The zero-order valence-electron chi connectivity index (χ0n) is 11.9. The Labute approximate surface area is 110 Å². The van der Waals surface area contributed by atoms with E-state index in [-0.39, 0.29) is 5.41 Å². The molecule has 102 valence electrons. The molecule has 0 aliphatic carbocycles. The van der Waals surface area contributed by atoms with Crippen LogP contribution in [0.4, 0.5) is 5.82 Å². The van der Waals surface area contributed by atoms with Gasteiger partial charge in [0, 0.05) is 32.9 Å². The molecule has 0 aliphatic rings. The number of nitrogens with two attached hydrogens (primary N) is 1. The van der Waals surface area contributed by atoms with Crippen molar-refractivity contribution in [2.24, 2.45) is 5.73 Å². The van der Waals surface area contributed by atoms with Crippen LogP contribution >= 0.6 is 0 Å². The third-order valence-corrected chi connectivity index (χ3v) is 2.90. The fourth-order valence-electron chi connectivity index (χ4n) is 1.71. The van der Waals surface area contributed by atoms with Crippen molar-refractivity contribution in [1.82, 2.24) is 4.98 Å². The van der Waals surface area contributed by atoms with Crippen molar-refractivity contribution < 1.29 is 4.74 Å². The summed E-state index contributed by atoms with van der Waals surface area (Å²) in [5, 5.41) is 0. The van der Waals surface area contributed by atoms with Gasteiger partial charge in [-0.25, -0.2) is 4.98 Å². The summed E-state index contributed by atoms with van der Waals surface area (Å²) in [5.74, 6) is 0.963. The lowest BCUT2D eigenvalue weighted by molar-refractivity contribution is 0.205. The fourth-order valence-corrected chi connectivity index (χ4v) is 1.71. The number of hydrogen-bond acceptors (Lipinski definition) is 4. The zero-order valence-corrected chi connectivity index (χ0v) is 11.9. The number of aromatic nitrogens is 1. The van der Waals surface area contributed by atoms with E-state index in [9.17, 15) is 0 Å². The Hall–Kier alpha value is -1.13. The molecular weight excluding hydrogens is 226 g/mol. The van der Waals surface area contributed by atoms with Gasteiger partial charge in [-0.15, -0.1) is 0 Å². The highest BCUT2D eigenvalue weighted by molar-refractivity contribution is 5.40. The van der Waals surface area contributed by atoms with E-state index in [0.717, 1.165) is 18.9 Å². The third kappa shape index (κ3) is 4.27. The third-order valence-electron chi connectivity index (χ3n) is 2.90. The molecule has 0 atom stereocenters. The zero-order chi connectivity index (χ0) is 13.6. The standard InChI is InChI=1S/C14H25N3O/c1-14(2,3)12-5-6-13(16-11-12)17(8-7-15)9-10-18-4/h5-6,11H,7-10,15H2,1-4H3. The minimum Gasteiger partial charge on any atom is -0.383 e. The second-order valence-electron chi connectivity index (χ2n) is 5.42. The number of methoxy groups -OCH3 is 1. The molecule has 0 amide bonds. The molecule has 0 aromatic carbocycles. The van der Waals surface area contributed by atoms with Gasteiger partial charge in [-0.05, 0) is 17.0 Å². The van der Waals surface area contributed by atoms with Gasteiger partial charge in [0.15, 0.2) is 0 Å². The molecule has 2 N–H and O–H groups in total. The predicted octanol–water partition coefficient (Wildman–Crippen LogP) is 1.79. The van der Waals surface area contributed by atoms with E-state index >= 15 is 0 Å². The summed E-state index contributed by atoms with van der Waals surface area (Å²) in [7, 11) is 1.71. The first kappa shape index (κ1) is 14.9. The lowest BCUT2D eigenvalue weighted by Crippen LogP contribution is -2.33. The largest absolute Gasteiger partial charge is 0.383 e. The average Bonchev–Trinajstić information content (AvgIpc) is 2.33. The van der Waals surface area contributed by atoms with Crippen LogP contribution in [0.5, 0.6) is 0 Å². The maximum atomic E-state index is 5.63. The second-order valence-corrected chi connectivity index (χ2v) is 5.42. The summed E-state index contributed by atoms with van der Waals surface area (Å²) in [6, 6.07) is 4.20. The second kappa shape index (κ2) is 6.71. The molecule has 0 aliphatic heterocycles. The first-order valence-electron chi connectivity index (χ1n) is 6.39. The molecule has 0 fully saturated rings. The Balaban J connectivity index is 2.79. The van der Waals surface area contributed by atoms with Gasteiger partial charge in [0.2, 0.25) is 0 Å². The van der Waals surface area contributed by atoms with Gasteiger partial charge in [-0.3, -0.25) is 0 Å². The number of hydrogen-bond donors (Lipinski definition) is 1. The highest BCUT2D eigenvalue weighted by Crippen LogP contribution is 2.22. The van der Waals surface area contributed by atoms with Crippen LogP contribution in [0.15, 0.2) is 18.3 Å². The summed E-state index contributed by atoms with van der Waals surface area (Å²) in [5.41, 5.74) is 7.00. The van der Waals surface area contributed by atoms with Crippen molar-refractivity contribution in [3.05, 3.63) is 23.9 Å². The van der Waals surface area contributed by atoms with Crippen LogP contribution in [0.1, 0.15) is 26.3 Å². The molecule has 0 saturated carbocycles. The summed E-state index contributed by atoms with van der Waals surface area (Å²) in [6.45, 7) is 9.47. The van der Waals surface area contributed by atoms with E-state index < -0.39 is 0 Å². The van der Waals surface area contributed by atoms with Crippen molar-refractivity contribution in [3.63, 3.8) is 0 Å². The topological polar surface area (TPSA) is 51.4 Å². The van der Waals surface area contributed by atoms with Crippen molar-refractivity contribution in [2.75, 3.05) is 38.3 Å². The summed E-state index contributed by atoms with van der Waals surface area (Å²) in [6.07, 6.45) is 1.95. The first-order chi connectivity index (χ1) is 8.49. The number of pyridine rings is 1. The van der Waals surface area contributed by atoms with Gasteiger partial charge in [0.1, 0.15) is 5.82 Å². The number of rotatable bonds is 6. The normalized spacial score (nSPS) is 11.6. The molecule has 1 aromatic rings. The maximum absolute atomic E-state index is 5.63. The van der Waals surface area contributed by atoms with E-state index in [0.29, 0.717) is 13.2 Å². The number of anilines is 1. The molecule has 1 heterocycles. The van der Waals surface area contributed by atoms with Gasteiger partial charge < -0.3 is 15.4 Å². The van der Waals surface area contributed by atoms with Gasteiger partial charge in [-0.2, -0.15) is 0 Å². The maximum Gasteiger partial charge on any atom is 0.128 e. The van der Waals surface area contributed by atoms with Crippen LogP contribution < -0.4 is 10.6 Å². The van der Waals surface area contributed by atoms with E-state index in [2.05, 4.69) is 42.8 Å². The summed E-state index contributed by atoms with van der Waals surface area (Å²) in [4.78, 5) is 6.68. The Bertz CT molecular complexity index is 343. The van der Waals surface area contributed by atoms with E-state index in [4.69, 9.17) is 10.5 Å². The van der Waals surface area contributed by atoms with Crippen molar-refractivity contribution >= 4 is 5.82 Å². The molecule has 4 heteroatoms. The van der Waals surface area contributed by atoms with Gasteiger partial charge in [-0.1, -0.05) is 26.8 Å². The Kier molecular flexibility index (Phi) is 5.56. The molecule has 18 heavy (non-hydrogen) atoms. The lowest BCUT2D eigenvalue weighted by atomic mass is 9.88. The Morgan fingerprint density at radius 2 is 2.00 bits per heavy atom. The number of ether oxygens (including phenoxy) is 1. The van der Waals surface area contributed by atoms with Gasteiger partial charge in [0.25, 0.3) is 0 Å². The molecule has 0 bridgehead atoms. The van der Waals surface area contributed by atoms with E-state index in [1.807, 2.05) is 6.20 Å². The average molecular weight is 251 g/mol. The van der Waals surface area contributed by atoms with Crippen LogP contribution in [0.25, 0.3) is 0 Å². The minimum atomic E-state index is 0.136. The minimum absolute atomic E-state index is 0.136. The van der Waals surface area contributed by atoms with Crippen LogP contribution in [-0.2, 0) is 10.2 Å². The lowest BCUT2D eigenvalue weighted by Gasteiger charge is -2.24. The van der Waals surface area contributed by atoms with Crippen molar-refractivity contribution in [3.8, 4) is 0 Å². The Morgan fingerprint density at radius 3 is 2.44 bits per heavy atom. The van der Waals surface area contributed by atoms with Crippen LogP contribution in [0.3, 0.4) is 0 Å². The number of nitrogens with zero attached hydrogens (tertiary/aromatic N) is 2. The molecule has 1 rings (SSSR count). The molecule has 0 radical (unpaired) electrons. The predicted molar refractivity (Wildman–Crippen MR) is 76.1 cm³/mol. The summed E-state index contributed by atoms with van der Waals surface area (Å²) >= 11 is 0. The van der Waals surface area contributed by atoms with Gasteiger partial charge in [0.05, 0.1) is 6.61 Å². The van der Waals surface area contributed by atoms with Gasteiger partial charge >= 0.3 is 0 Å². The van der Waals surface area contributed by atoms with E-state index in [1.54, 1.807) is 7.11 Å².